The van der Waals surface area contributed by atoms with Crippen LogP contribution in [0.5, 0.6) is 0 Å². The third kappa shape index (κ3) is 7.45. The first-order chi connectivity index (χ1) is 27.4. The molecule has 1 nitrogen and oxygen atoms in total. The second kappa shape index (κ2) is 16.1. The molecule has 0 atom stereocenters. The number of nitrogens with zero attached hydrogens (tertiary/aromatic N) is 1. The number of aromatic nitrogens is 1. The molecule has 56 heavy (non-hydrogen) atoms. The smallest absolute Gasteiger partial charge is 0.0541 e. The van der Waals surface area contributed by atoms with Gasteiger partial charge in [-0.25, -0.2) is 0 Å². The molecule has 2 heteroatoms. The Balaban J connectivity index is 0.000000317. The van der Waals surface area contributed by atoms with E-state index in [0.717, 1.165) is 0 Å². The minimum Gasteiger partial charge on any atom is -0.309 e. The normalized spacial score (nSPS) is 11.7. The first-order valence-electron chi connectivity index (χ1n) is 19.2. The number of hydrogen-bond donors (Lipinski definition) is 0. The van der Waals surface area contributed by atoms with Crippen molar-refractivity contribution in [1.29, 1.82) is 0 Å². The summed E-state index contributed by atoms with van der Waals surface area (Å²) < 4.78 is 5.09. The average molecular weight is 740 g/mol. The third-order valence-corrected chi connectivity index (χ3v) is 11.7. The van der Waals surface area contributed by atoms with Crippen molar-refractivity contribution in [2.75, 3.05) is 0 Å². The second-order valence-corrected chi connectivity index (χ2v) is 15.5. The maximum atomic E-state index is 3.77. The molecule has 0 N–H and O–H groups in total. The van der Waals surface area contributed by atoms with Crippen molar-refractivity contribution in [2.45, 2.75) is 27.7 Å². The molecule has 272 valence electrons. The zero-order valence-corrected chi connectivity index (χ0v) is 33.3. The number of hydrogen-bond acceptors (Lipinski definition) is 1. The van der Waals surface area contributed by atoms with Crippen LogP contribution < -0.4 is 0 Å². The summed E-state index contributed by atoms with van der Waals surface area (Å²) in [5.41, 5.74) is 16.0. The Labute approximate surface area is 334 Å². The summed E-state index contributed by atoms with van der Waals surface area (Å²) in [7, 11) is 0. The highest BCUT2D eigenvalue weighted by Crippen LogP contribution is 2.39. The Morgan fingerprint density at radius 1 is 0.589 bits per heavy atom. The van der Waals surface area contributed by atoms with Crippen LogP contribution in [-0.2, 0) is 0 Å². The van der Waals surface area contributed by atoms with E-state index in [1.807, 2.05) is 30.4 Å². The van der Waals surface area contributed by atoms with E-state index in [0.29, 0.717) is 0 Å². The molecule has 0 fully saturated rings. The fourth-order valence-electron chi connectivity index (χ4n) is 7.57. The lowest BCUT2D eigenvalue weighted by Gasteiger charge is -2.13. The largest absolute Gasteiger partial charge is 0.309 e. The van der Waals surface area contributed by atoms with Gasteiger partial charge >= 0.3 is 0 Å². The van der Waals surface area contributed by atoms with Gasteiger partial charge in [0.25, 0.3) is 0 Å². The van der Waals surface area contributed by atoms with Gasteiger partial charge in [-0.3, -0.25) is 0 Å². The van der Waals surface area contributed by atoms with Crippen molar-refractivity contribution in [1.82, 2.24) is 4.57 Å². The van der Waals surface area contributed by atoms with Gasteiger partial charge in [0.05, 0.1) is 11.2 Å². The molecule has 0 aliphatic rings. The Hall–Kier alpha value is -6.48. The quantitative estimate of drug-likeness (QED) is 0.143. The van der Waals surface area contributed by atoms with Gasteiger partial charge in [0.2, 0.25) is 0 Å². The maximum Gasteiger partial charge on any atom is 0.0541 e. The summed E-state index contributed by atoms with van der Waals surface area (Å²) >= 11 is 1.86. The number of benzene rings is 7. The molecule has 0 spiro atoms. The van der Waals surface area contributed by atoms with Gasteiger partial charge in [-0.2, -0.15) is 0 Å². The second-order valence-electron chi connectivity index (χ2n) is 14.4. The molecule has 2 aromatic heterocycles. The molecule has 0 radical (unpaired) electrons. The molecule has 9 aromatic rings. The molecule has 0 saturated heterocycles. The molecule has 0 amide bonds. The highest BCUT2D eigenvalue weighted by atomic mass is 32.1. The number of allylic oxidation sites excluding steroid dienone is 2. The molecule has 0 aliphatic heterocycles. The van der Waals surface area contributed by atoms with Crippen molar-refractivity contribution >= 4 is 66.2 Å². The molecule has 0 saturated carbocycles. The van der Waals surface area contributed by atoms with Gasteiger partial charge < -0.3 is 4.57 Å². The number of thiophene rings is 1. The lowest BCUT2D eigenvalue weighted by atomic mass is 9.97. The number of aryl methyl sites for hydroxylation is 2. The Morgan fingerprint density at radius 2 is 1.29 bits per heavy atom. The van der Waals surface area contributed by atoms with E-state index in [9.17, 15) is 0 Å². The van der Waals surface area contributed by atoms with Crippen LogP contribution in [0.4, 0.5) is 0 Å². The van der Waals surface area contributed by atoms with Crippen LogP contribution in [0.25, 0.3) is 82.9 Å². The zero-order valence-electron chi connectivity index (χ0n) is 32.5. The van der Waals surface area contributed by atoms with Crippen LogP contribution in [-0.4, -0.2) is 4.57 Å². The van der Waals surface area contributed by atoms with Crippen molar-refractivity contribution in [2.24, 2.45) is 0 Å². The van der Waals surface area contributed by atoms with E-state index in [-0.39, 0.29) is 0 Å². The Kier molecular flexibility index (Phi) is 10.5. The van der Waals surface area contributed by atoms with Crippen LogP contribution in [0, 0.1) is 13.8 Å². The van der Waals surface area contributed by atoms with Crippen molar-refractivity contribution < 1.29 is 0 Å². The van der Waals surface area contributed by atoms with Crippen molar-refractivity contribution in [3.8, 4) is 28.1 Å². The van der Waals surface area contributed by atoms with Crippen LogP contribution in [0.1, 0.15) is 47.2 Å². The molecular formula is C54H45NS. The number of rotatable bonds is 7. The van der Waals surface area contributed by atoms with Gasteiger partial charge in [0.1, 0.15) is 0 Å². The van der Waals surface area contributed by atoms with Gasteiger partial charge in [-0.05, 0) is 114 Å². The van der Waals surface area contributed by atoms with E-state index in [2.05, 4.69) is 208 Å². The minimum atomic E-state index is 1.18. The summed E-state index contributed by atoms with van der Waals surface area (Å²) in [6, 6.07) is 59.4. The average Bonchev–Trinajstić information content (AvgIpc) is 3.81. The van der Waals surface area contributed by atoms with E-state index in [1.54, 1.807) is 0 Å². The lowest BCUT2D eigenvalue weighted by molar-refractivity contribution is 1.14. The fourth-order valence-corrected chi connectivity index (χ4v) is 8.66. The molecule has 2 heterocycles. The van der Waals surface area contributed by atoms with Gasteiger partial charge in [-0.15, -0.1) is 11.3 Å². The summed E-state index contributed by atoms with van der Waals surface area (Å²) in [4.78, 5) is 0. The Morgan fingerprint density at radius 3 is 2.05 bits per heavy atom. The monoisotopic (exact) mass is 739 g/mol. The van der Waals surface area contributed by atoms with Crippen LogP contribution in [0.2, 0.25) is 0 Å². The lowest BCUT2D eigenvalue weighted by Crippen LogP contribution is -1.97. The molecule has 0 aliphatic carbocycles. The zero-order chi connectivity index (χ0) is 38.6. The maximum absolute atomic E-state index is 3.77. The Bertz CT molecular complexity index is 2900. The highest BCUT2D eigenvalue weighted by molar-refractivity contribution is 7.25. The first-order valence-corrected chi connectivity index (χ1v) is 20.0. The highest BCUT2D eigenvalue weighted by Gasteiger charge is 2.16. The van der Waals surface area contributed by atoms with Crippen molar-refractivity contribution in [3.05, 3.63) is 210 Å². The summed E-state index contributed by atoms with van der Waals surface area (Å²) in [5, 5.41) is 3.86. The van der Waals surface area contributed by atoms with E-state index >= 15 is 0 Å². The molecule has 9 rings (SSSR count). The van der Waals surface area contributed by atoms with Crippen LogP contribution >= 0.6 is 11.3 Å². The predicted molar refractivity (Wildman–Crippen MR) is 248 cm³/mol. The fraction of sp³-hybridized carbons (Fsp3) is 0.0741. The van der Waals surface area contributed by atoms with Gasteiger partial charge in [0, 0.05) is 31.2 Å². The first kappa shape index (κ1) is 36.5. The van der Waals surface area contributed by atoms with Crippen LogP contribution in [0.3, 0.4) is 0 Å². The summed E-state index contributed by atoms with van der Waals surface area (Å²) in [6.07, 6.45) is 8.32. The van der Waals surface area contributed by atoms with Crippen molar-refractivity contribution in [3.63, 3.8) is 0 Å². The van der Waals surface area contributed by atoms with E-state index in [1.165, 1.54) is 98.1 Å². The number of fused-ring (bicyclic) bond motifs is 4. The SMILES string of the molecule is C/C(=C\c1ccc(-c2ccc3cc(-c4ccccc4)n(-c4ccc5sc6ccccc6c5c4)c3c2)cc1C)c1ccccc1.C=Cc1ccc(C)cc1/C=C\C. The predicted octanol–water partition coefficient (Wildman–Crippen LogP) is 15.9. The van der Waals surface area contributed by atoms with E-state index < -0.39 is 0 Å². The summed E-state index contributed by atoms with van der Waals surface area (Å²) in [6.45, 7) is 12.3. The molecule has 0 bridgehead atoms. The van der Waals surface area contributed by atoms with Crippen LogP contribution in [0.15, 0.2) is 176 Å². The van der Waals surface area contributed by atoms with Gasteiger partial charge in [0.15, 0.2) is 0 Å². The van der Waals surface area contributed by atoms with Gasteiger partial charge in [-0.1, -0.05) is 164 Å². The molecule has 7 aromatic carbocycles. The molecular weight excluding hydrogens is 695 g/mol. The third-order valence-electron chi connectivity index (χ3n) is 10.5. The molecule has 0 unspecified atom stereocenters. The minimum absolute atomic E-state index is 1.18. The standard InChI is InChI=1S/C42H31NS.C12H14/c1-28(30-11-5-3-6-12-30)23-32-17-18-33(24-29(32)2)34-19-20-35-26-39(31-13-7-4-8-14-31)43(40(35)25-34)36-21-22-42-38(27-36)37-15-9-10-16-41(37)44-42;1-4-6-12-9-10(3)7-8-11(12)5-2/h3-27H,1-2H3;4-9H,2H2,1,3H3/b28-23+;6-4-. The van der Waals surface area contributed by atoms with E-state index in [4.69, 9.17) is 0 Å². The summed E-state index contributed by atoms with van der Waals surface area (Å²) in [5.74, 6) is 0. The topological polar surface area (TPSA) is 4.93 Å².